The number of benzene rings is 1. The molecule has 1 aromatic carbocycles. The van der Waals surface area contributed by atoms with Gasteiger partial charge in [-0.25, -0.2) is 4.79 Å². The highest BCUT2D eigenvalue weighted by Crippen LogP contribution is 2.19. The monoisotopic (exact) mass is 287 g/mol. The Hall–Kier alpha value is -2.30. The van der Waals surface area contributed by atoms with Crippen LogP contribution in [0, 0.1) is 6.92 Å². The summed E-state index contributed by atoms with van der Waals surface area (Å²) in [5, 5.41) is 15.9. The number of aryl methyl sites for hydroxylation is 2. The molecule has 0 unspecified atom stereocenters. The van der Waals surface area contributed by atoms with E-state index in [-0.39, 0.29) is 0 Å². The number of aromatic nitrogens is 2. The highest BCUT2D eigenvalue weighted by molar-refractivity contribution is 5.65. The zero-order chi connectivity index (χ0) is 15.5. The molecule has 0 saturated carbocycles. The van der Waals surface area contributed by atoms with Crippen LogP contribution in [0.1, 0.15) is 26.0 Å². The molecule has 5 heteroatoms. The molecule has 2 N–H and O–H groups in total. The molecule has 1 amide bonds. The van der Waals surface area contributed by atoms with E-state index in [0.717, 1.165) is 17.0 Å². The number of amides is 1. The van der Waals surface area contributed by atoms with Crippen LogP contribution in [0.25, 0.3) is 11.3 Å². The van der Waals surface area contributed by atoms with Crippen molar-refractivity contribution in [3.05, 3.63) is 42.1 Å². The van der Waals surface area contributed by atoms with Crippen molar-refractivity contribution in [1.82, 2.24) is 15.1 Å². The SMILES string of the molecule is Cc1cc(-c2ccccc2)nn1CCC(C)(C)NC(=O)O. The van der Waals surface area contributed by atoms with Crippen LogP contribution in [-0.2, 0) is 6.54 Å². The van der Waals surface area contributed by atoms with Gasteiger partial charge in [0.2, 0.25) is 0 Å². The van der Waals surface area contributed by atoms with Crippen molar-refractivity contribution in [3.63, 3.8) is 0 Å². The van der Waals surface area contributed by atoms with Crippen molar-refractivity contribution in [3.8, 4) is 11.3 Å². The molecule has 112 valence electrons. The first-order valence-corrected chi connectivity index (χ1v) is 6.98. The first-order valence-electron chi connectivity index (χ1n) is 6.98. The van der Waals surface area contributed by atoms with Crippen LogP contribution < -0.4 is 5.32 Å². The Kier molecular flexibility index (Phi) is 4.31. The van der Waals surface area contributed by atoms with Crippen molar-refractivity contribution >= 4 is 6.09 Å². The number of nitrogens with zero attached hydrogens (tertiary/aromatic N) is 2. The fourth-order valence-corrected chi connectivity index (χ4v) is 2.22. The standard InChI is InChI=1S/C16H21N3O2/c1-12-11-14(13-7-5-4-6-8-13)18-19(12)10-9-16(2,3)17-15(20)21/h4-8,11,17H,9-10H2,1-3H3,(H,20,21). The van der Waals surface area contributed by atoms with Gasteiger partial charge >= 0.3 is 6.09 Å². The maximum absolute atomic E-state index is 10.7. The molecule has 2 aromatic rings. The molecule has 21 heavy (non-hydrogen) atoms. The first kappa shape index (κ1) is 15.1. The van der Waals surface area contributed by atoms with Gasteiger partial charge in [0.25, 0.3) is 0 Å². The molecule has 5 nitrogen and oxygen atoms in total. The summed E-state index contributed by atoms with van der Waals surface area (Å²) >= 11 is 0. The molecule has 0 aliphatic rings. The van der Waals surface area contributed by atoms with Gasteiger partial charge in [-0.15, -0.1) is 0 Å². The minimum Gasteiger partial charge on any atom is -0.465 e. The number of rotatable bonds is 5. The second-order valence-corrected chi connectivity index (χ2v) is 5.82. The second kappa shape index (κ2) is 5.99. The Morgan fingerprint density at radius 1 is 1.33 bits per heavy atom. The fourth-order valence-electron chi connectivity index (χ4n) is 2.22. The summed E-state index contributed by atoms with van der Waals surface area (Å²) in [7, 11) is 0. The molecule has 0 atom stereocenters. The van der Waals surface area contributed by atoms with Gasteiger partial charge in [0, 0.05) is 23.3 Å². The predicted molar refractivity (Wildman–Crippen MR) is 82.3 cm³/mol. The van der Waals surface area contributed by atoms with Crippen LogP contribution in [0.15, 0.2) is 36.4 Å². The van der Waals surface area contributed by atoms with Crippen molar-refractivity contribution in [2.45, 2.75) is 39.3 Å². The molecule has 0 fully saturated rings. The molecule has 0 bridgehead atoms. The number of hydrogen-bond acceptors (Lipinski definition) is 2. The summed E-state index contributed by atoms with van der Waals surface area (Å²) in [4.78, 5) is 10.7. The van der Waals surface area contributed by atoms with E-state index in [4.69, 9.17) is 5.11 Å². The summed E-state index contributed by atoms with van der Waals surface area (Å²) in [5.41, 5.74) is 2.62. The van der Waals surface area contributed by atoms with Crippen LogP contribution in [-0.4, -0.2) is 26.5 Å². The summed E-state index contributed by atoms with van der Waals surface area (Å²) in [5.74, 6) is 0. The zero-order valence-corrected chi connectivity index (χ0v) is 12.6. The van der Waals surface area contributed by atoms with E-state index in [1.807, 2.05) is 61.9 Å². The quantitative estimate of drug-likeness (QED) is 0.886. The van der Waals surface area contributed by atoms with E-state index >= 15 is 0 Å². The van der Waals surface area contributed by atoms with Crippen molar-refractivity contribution < 1.29 is 9.90 Å². The Morgan fingerprint density at radius 2 is 2.00 bits per heavy atom. The lowest BCUT2D eigenvalue weighted by Crippen LogP contribution is -2.43. The van der Waals surface area contributed by atoms with E-state index in [9.17, 15) is 4.79 Å². The summed E-state index contributed by atoms with van der Waals surface area (Å²) < 4.78 is 1.92. The number of hydrogen-bond donors (Lipinski definition) is 2. The maximum atomic E-state index is 10.7. The molecule has 0 spiro atoms. The van der Waals surface area contributed by atoms with Crippen LogP contribution in [0.3, 0.4) is 0 Å². The summed E-state index contributed by atoms with van der Waals surface area (Å²) in [6, 6.07) is 12.1. The summed E-state index contributed by atoms with van der Waals surface area (Å²) in [6.07, 6.45) is -0.321. The zero-order valence-electron chi connectivity index (χ0n) is 12.6. The second-order valence-electron chi connectivity index (χ2n) is 5.82. The van der Waals surface area contributed by atoms with E-state index in [1.54, 1.807) is 0 Å². The lowest BCUT2D eigenvalue weighted by Gasteiger charge is -2.24. The lowest BCUT2D eigenvalue weighted by atomic mass is 10.0. The number of carbonyl (C=O) groups is 1. The van der Waals surface area contributed by atoms with Gasteiger partial charge in [-0.1, -0.05) is 30.3 Å². The van der Waals surface area contributed by atoms with E-state index in [1.165, 1.54) is 0 Å². The molecule has 1 aromatic heterocycles. The van der Waals surface area contributed by atoms with Crippen LogP contribution in [0.2, 0.25) is 0 Å². The third kappa shape index (κ3) is 4.08. The molecular formula is C16H21N3O2. The normalized spacial score (nSPS) is 11.4. The summed E-state index contributed by atoms with van der Waals surface area (Å²) in [6.45, 7) is 6.43. The van der Waals surface area contributed by atoms with Crippen LogP contribution in [0.5, 0.6) is 0 Å². The highest BCUT2D eigenvalue weighted by Gasteiger charge is 2.20. The molecule has 0 radical (unpaired) electrons. The van der Waals surface area contributed by atoms with Gasteiger partial charge in [0.1, 0.15) is 0 Å². The Balaban J connectivity index is 2.08. The van der Waals surface area contributed by atoms with Crippen molar-refractivity contribution in [1.29, 1.82) is 0 Å². The van der Waals surface area contributed by atoms with E-state index < -0.39 is 11.6 Å². The van der Waals surface area contributed by atoms with E-state index in [0.29, 0.717) is 13.0 Å². The lowest BCUT2D eigenvalue weighted by molar-refractivity contribution is 0.179. The average molecular weight is 287 g/mol. The van der Waals surface area contributed by atoms with Gasteiger partial charge in [-0.3, -0.25) is 4.68 Å². The third-order valence-electron chi connectivity index (χ3n) is 3.44. The minimum atomic E-state index is -0.998. The van der Waals surface area contributed by atoms with Gasteiger partial charge in [0.05, 0.1) is 5.69 Å². The van der Waals surface area contributed by atoms with Gasteiger partial charge in [-0.2, -0.15) is 5.10 Å². The molecular weight excluding hydrogens is 266 g/mol. The largest absolute Gasteiger partial charge is 0.465 e. The number of carboxylic acid groups (broad SMARTS) is 1. The number of nitrogens with one attached hydrogen (secondary N) is 1. The Labute approximate surface area is 124 Å². The smallest absolute Gasteiger partial charge is 0.405 e. The predicted octanol–water partition coefficient (Wildman–Crippen LogP) is 3.29. The van der Waals surface area contributed by atoms with Crippen molar-refractivity contribution in [2.24, 2.45) is 0 Å². The average Bonchev–Trinajstić information content (AvgIpc) is 2.78. The Bertz CT molecular complexity index is 618. The first-order chi connectivity index (χ1) is 9.87. The topological polar surface area (TPSA) is 67.2 Å². The highest BCUT2D eigenvalue weighted by atomic mass is 16.4. The van der Waals surface area contributed by atoms with E-state index in [2.05, 4.69) is 10.4 Å². The van der Waals surface area contributed by atoms with Crippen molar-refractivity contribution in [2.75, 3.05) is 0 Å². The third-order valence-corrected chi connectivity index (χ3v) is 3.44. The maximum Gasteiger partial charge on any atom is 0.405 e. The fraction of sp³-hybridized carbons (Fsp3) is 0.375. The van der Waals surface area contributed by atoms with Crippen LogP contribution in [0.4, 0.5) is 4.79 Å². The molecule has 0 aliphatic heterocycles. The molecule has 0 aliphatic carbocycles. The minimum absolute atomic E-state index is 0.475. The molecule has 2 rings (SSSR count). The van der Waals surface area contributed by atoms with Gasteiger partial charge in [0.15, 0.2) is 0 Å². The molecule has 1 heterocycles. The van der Waals surface area contributed by atoms with Gasteiger partial charge < -0.3 is 10.4 Å². The van der Waals surface area contributed by atoms with Gasteiger partial charge in [-0.05, 0) is 33.3 Å². The Morgan fingerprint density at radius 3 is 2.62 bits per heavy atom. The molecule has 0 saturated heterocycles. The van der Waals surface area contributed by atoms with Crippen LogP contribution >= 0.6 is 0 Å².